The van der Waals surface area contributed by atoms with Gasteiger partial charge in [-0.15, -0.1) is 0 Å². The highest BCUT2D eigenvalue weighted by Crippen LogP contribution is 2.22. The van der Waals surface area contributed by atoms with Gasteiger partial charge in [0.25, 0.3) is 0 Å². The number of carbonyl (C=O) groups is 1. The van der Waals surface area contributed by atoms with E-state index in [2.05, 4.69) is 5.16 Å². The number of nitrogens with zero attached hydrogens (tertiary/aromatic N) is 1. The fraction of sp³-hybridized carbons (Fsp3) is 0.556. The van der Waals surface area contributed by atoms with Crippen LogP contribution in [0.25, 0.3) is 0 Å². The Morgan fingerprint density at radius 1 is 1.25 bits per heavy atom. The topological polar surface area (TPSA) is 43.1 Å². The Morgan fingerprint density at radius 2 is 2.08 bits per heavy atom. The molecule has 1 aromatic rings. The third kappa shape index (κ3) is 1.15. The average molecular weight is 165 g/mol. The van der Waals surface area contributed by atoms with Crippen LogP contribution in [0.5, 0.6) is 0 Å². The molecule has 0 spiro atoms. The van der Waals surface area contributed by atoms with E-state index in [-0.39, 0.29) is 0 Å². The van der Waals surface area contributed by atoms with E-state index in [0.717, 1.165) is 43.3 Å². The van der Waals surface area contributed by atoms with E-state index < -0.39 is 0 Å². The Balaban J connectivity index is 2.38. The summed E-state index contributed by atoms with van der Waals surface area (Å²) in [6, 6.07) is 0. The van der Waals surface area contributed by atoms with E-state index >= 15 is 0 Å². The van der Waals surface area contributed by atoms with Crippen LogP contribution < -0.4 is 0 Å². The normalized spacial score (nSPS) is 16.7. The van der Waals surface area contributed by atoms with Gasteiger partial charge in [-0.3, -0.25) is 4.79 Å². The number of aryl methyl sites for hydroxylation is 1. The van der Waals surface area contributed by atoms with Gasteiger partial charge in [-0.25, -0.2) is 0 Å². The van der Waals surface area contributed by atoms with Gasteiger partial charge < -0.3 is 4.52 Å². The second kappa shape index (κ2) is 3.09. The Kier molecular flexibility index (Phi) is 1.94. The first-order chi connectivity index (χ1) is 5.92. The molecule has 2 rings (SSSR count). The fourth-order valence-corrected chi connectivity index (χ4v) is 1.68. The third-order valence-electron chi connectivity index (χ3n) is 2.34. The monoisotopic (exact) mass is 165 g/mol. The minimum atomic E-state index is 0.506. The number of aromatic nitrogens is 1. The van der Waals surface area contributed by atoms with E-state index in [1.807, 2.05) is 0 Å². The minimum Gasteiger partial charge on any atom is -0.360 e. The number of fused-ring (bicyclic) bond motifs is 1. The highest BCUT2D eigenvalue weighted by atomic mass is 16.5. The van der Waals surface area contributed by atoms with E-state index in [4.69, 9.17) is 4.52 Å². The maximum absolute atomic E-state index is 10.5. The van der Waals surface area contributed by atoms with Crippen molar-refractivity contribution in [3.05, 3.63) is 17.0 Å². The number of hydrogen-bond donors (Lipinski definition) is 0. The van der Waals surface area contributed by atoms with Crippen molar-refractivity contribution in [3.8, 4) is 0 Å². The highest BCUT2D eigenvalue weighted by Gasteiger charge is 2.16. The maximum Gasteiger partial charge on any atom is 0.172 e. The molecule has 1 aliphatic rings. The van der Waals surface area contributed by atoms with Crippen LogP contribution in [0.4, 0.5) is 0 Å². The standard InChI is InChI=1S/C9H11NO2/c11-6-8-7-4-2-1-3-5-9(7)12-10-8/h6H,1-5H2. The Hall–Kier alpha value is -1.12. The van der Waals surface area contributed by atoms with Crippen LogP contribution in [0, 0.1) is 0 Å². The van der Waals surface area contributed by atoms with E-state index in [1.165, 1.54) is 6.42 Å². The van der Waals surface area contributed by atoms with Crippen LogP contribution in [-0.4, -0.2) is 11.4 Å². The van der Waals surface area contributed by atoms with Gasteiger partial charge in [0.2, 0.25) is 0 Å². The molecule has 0 unspecified atom stereocenters. The van der Waals surface area contributed by atoms with Crippen molar-refractivity contribution in [2.24, 2.45) is 0 Å². The largest absolute Gasteiger partial charge is 0.360 e. The van der Waals surface area contributed by atoms with Crippen molar-refractivity contribution in [2.45, 2.75) is 32.1 Å². The number of hydrogen-bond acceptors (Lipinski definition) is 3. The van der Waals surface area contributed by atoms with Crippen molar-refractivity contribution in [3.63, 3.8) is 0 Å². The smallest absolute Gasteiger partial charge is 0.172 e. The lowest BCUT2D eigenvalue weighted by Gasteiger charge is -1.91. The molecule has 3 heteroatoms. The zero-order chi connectivity index (χ0) is 8.39. The summed E-state index contributed by atoms with van der Waals surface area (Å²) in [6.45, 7) is 0. The molecule has 0 aliphatic heterocycles. The molecule has 0 saturated carbocycles. The van der Waals surface area contributed by atoms with Crippen molar-refractivity contribution in [1.29, 1.82) is 0 Å². The molecule has 0 N–H and O–H groups in total. The summed E-state index contributed by atoms with van der Waals surface area (Å²) in [5, 5.41) is 3.71. The summed E-state index contributed by atoms with van der Waals surface area (Å²) >= 11 is 0. The van der Waals surface area contributed by atoms with Gasteiger partial charge in [0, 0.05) is 12.0 Å². The van der Waals surface area contributed by atoms with Crippen LogP contribution in [-0.2, 0) is 12.8 Å². The Morgan fingerprint density at radius 3 is 2.92 bits per heavy atom. The molecule has 3 nitrogen and oxygen atoms in total. The summed E-state index contributed by atoms with van der Waals surface area (Å²) in [5.74, 6) is 0.926. The highest BCUT2D eigenvalue weighted by molar-refractivity contribution is 5.74. The fourth-order valence-electron chi connectivity index (χ4n) is 1.68. The van der Waals surface area contributed by atoms with Gasteiger partial charge in [-0.1, -0.05) is 11.6 Å². The lowest BCUT2D eigenvalue weighted by molar-refractivity contribution is 0.111. The minimum absolute atomic E-state index is 0.506. The van der Waals surface area contributed by atoms with E-state index in [9.17, 15) is 4.79 Å². The number of carbonyl (C=O) groups excluding carboxylic acids is 1. The van der Waals surface area contributed by atoms with Crippen molar-refractivity contribution in [1.82, 2.24) is 5.16 Å². The van der Waals surface area contributed by atoms with Gasteiger partial charge >= 0.3 is 0 Å². The molecular formula is C9H11NO2. The van der Waals surface area contributed by atoms with Gasteiger partial charge in [-0.05, 0) is 19.3 Å². The zero-order valence-corrected chi connectivity index (χ0v) is 6.88. The summed E-state index contributed by atoms with van der Waals surface area (Å²) in [7, 11) is 0. The molecule has 12 heavy (non-hydrogen) atoms. The van der Waals surface area contributed by atoms with Crippen molar-refractivity contribution >= 4 is 6.29 Å². The lowest BCUT2D eigenvalue weighted by Crippen LogP contribution is -1.90. The van der Waals surface area contributed by atoms with E-state index in [0.29, 0.717) is 5.69 Å². The first kappa shape index (κ1) is 7.53. The quantitative estimate of drug-likeness (QED) is 0.470. The Bertz CT molecular complexity index is 291. The molecule has 0 aromatic carbocycles. The molecular weight excluding hydrogens is 154 g/mol. The lowest BCUT2D eigenvalue weighted by atomic mass is 10.1. The molecule has 1 aliphatic carbocycles. The van der Waals surface area contributed by atoms with Crippen molar-refractivity contribution in [2.75, 3.05) is 0 Å². The molecule has 0 atom stereocenters. The van der Waals surface area contributed by atoms with Gasteiger partial charge in [0.1, 0.15) is 11.5 Å². The van der Waals surface area contributed by atoms with Crippen LogP contribution in [0.2, 0.25) is 0 Å². The zero-order valence-electron chi connectivity index (χ0n) is 6.88. The van der Waals surface area contributed by atoms with Crippen molar-refractivity contribution < 1.29 is 9.32 Å². The molecule has 1 heterocycles. The first-order valence-electron chi connectivity index (χ1n) is 4.34. The Labute approximate surface area is 70.7 Å². The molecule has 0 fully saturated rings. The van der Waals surface area contributed by atoms with Gasteiger partial charge in [0.15, 0.2) is 6.29 Å². The SMILES string of the molecule is O=Cc1noc2c1CCCCC2. The third-order valence-corrected chi connectivity index (χ3v) is 2.34. The van der Waals surface area contributed by atoms with Crippen LogP contribution >= 0.6 is 0 Å². The first-order valence-corrected chi connectivity index (χ1v) is 4.34. The number of aldehydes is 1. The molecule has 64 valence electrons. The average Bonchev–Trinajstić information content (AvgIpc) is 2.33. The molecule has 0 bridgehead atoms. The second-order valence-corrected chi connectivity index (χ2v) is 3.15. The van der Waals surface area contributed by atoms with E-state index in [1.54, 1.807) is 0 Å². The summed E-state index contributed by atoms with van der Waals surface area (Å²) in [5.41, 5.74) is 1.55. The van der Waals surface area contributed by atoms with Crippen LogP contribution in [0.15, 0.2) is 4.52 Å². The predicted molar refractivity (Wildman–Crippen MR) is 43.1 cm³/mol. The predicted octanol–water partition coefficient (Wildman–Crippen LogP) is 1.76. The summed E-state index contributed by atoms with van der Waals surface area (Å²) in [4.78, 5) is 10.5. The molecule has 0 amide bonds. The second-order valence-electron chi connectivity index (χ2n) is 3.15. The van der Waals surface area contributed by atoms with Gasteiger partial charge in [-0.2, -0.15) is 0 Å². The molecule has 0 radical (unpaired) electrons. The summed E-state index contributed by atoms with van der Waals surface area (Å²) < 4.78 is 5.08. The van der Waals surface area contributed by atoms with Gasteiger partial charge in [0.05, 0.1) is 0 Å². The maximum atomic E-state index is 10.5. The van der Waals surface area contributed by atoms with Crippen LogP contribution in [0.1, 0.15) is 41.1 Å². The van der Waals surface area contributed by atoms with Crippen LogP contribution in [0.3, 0.4) is 0 Å². The number of rotatable bonds is 1. The molecule has 1 aromatic heterocycles. The molecule has 0 saturated heterocycles. The summed E-state index contributed by atoms with van der Waals surface area (Å²) in [6.07, 6.45) is 6.20.